The average Bonchev–Trinajstić information content (AvgIpc) is 3.98. The molecular weight excluding hydrogens is 857 g/mol. The summed E-state index contributed by atoms with van der Waals surface area (Å²) in [6.07, 6.45) is 5.43. The summed E-state index contributed by atoms with van der Waals surface area (Å²) >= 11 is 0. The summed E-state index contributed by atoms with van der Waals surface area (Å²) in [6, 6.07) is 63.1. The van der Waals surface area contributed by atoms with Crippen molar-refractivity contribution >= 4 is 105 Å². The van der Waals surface area contributed by atoms with E-state index in [4.69, 9.17) is 19.1 Å². The number of hydrogen-bond donors (Lipinski definition) is 0. The van der Waals surface area contributed by atoms with Crippen LogP contribution >= 0.6 is 0 Å². The minimum atomic E-state index is 0.102. The second-order valence-electron chi connectivity index (χ2n) is 19.6. The van der Waals surface area contributed by atoms with Crippen molar-refractivity contribution in [2.45, 2.75) is 51.9 Å². The van der Waals surface area contributed by atoms with Gasteiger partial charge in [-0.3, -0.25) is 9.80 Å². The molecule has 4 heterocycles. The van der Waals surface area contributed by atoms with E-state index in [0.29, 0.717) is 0 Å². The van der Waals surface area contributed by atoms with Crippen molar-refractivity contribution in [3.63, 3.8) is 0 Å². The number of rotatable bonds is 8. The van der Waals surface area contributed by atoms with Crippen LogP contribution in [0.3, 0.4) is 0 Å². The van der Waals surface area contributed by atoms with Crippen molar-refractivity contribution in [1.29, 1.82) is 0 Å². The molecule has 1 aliphatic heterocycles. The minimum Gasteiger partial charge on any atom is -0.459 e. The highest BCUT2D eigenvalue weighted by Gasteiger charge is 2.36. The zero-order valence-corrected chi connectivity index (χ0v) is 39.4. The summed E-state index contributed by atoms with van der Waals surface area (Å²) in [5.74, 6) is 4.05. The van der Waals surface area contributed by atoms with Crippen molar-refractivity contribution in [2.24, 2.45) is 0 Å². The molecule has 0 bridgehead atoms. The van der Waals surface area contributed by atoms with Gasteiger partial charge in [-0.2, -0.15) is 0 Å². The van der Waals surface area contributed by atoms with Crippen LogP contribution in [-0.4, -0.2) is 9.97 Å². The van der Waals surface area contributed by atoms with Gasteiger partial charge in [0.1, 0.15) is 28.7 Å². The highest BCUT2D eigenvalue weighted by molar-refractivity contribution is 6.29. The van der Waals surface area contributed by atoms with Crippen LogP contribution < -0.4 is 14.5 Å². The molecule has 0 spiro atoms. The number of allylic oxidation sites excluding steroid dienone is 3. The molecule has 6 heteroatoms. The Morgan fingerprint density at radius 3 is 1.76 bits per heavy atom. The van der Waals surface area contributed by atoms with Gasteiger partial charge >= 0.3 is 0 Å². The molecule has 0 N–H and O–H groups in total. The molecule has 0 radical (unpaired) electrons. The highest BCUT2D eigenvalue weighted by atomic mass is 16.5. The maximum absolute atomic E-state index is 6.92. The fourth-order valence-electron chi connectivity index (χ4n) is 11.6. The maximum Gasteiger partial charge on any atom is 0.159 e. The van der Waals surface area contributed by atoms with Crippen LogP contribution in [0, 0.1) is 0 Å². The fourth-order valence-corrected chi connectivity index (χ4v) is 11.6. The highest BCUT2D eigenvalue weighted by Crippen LogP contribution is 2.53. The van der Waals surface area contributed by atoms with E-state index < -0.39 is 0 Å². The van der Waals surface area contributed by atoms with Gasteiger partial charge in [0.05, 0.1) is 39.7 Å². The Bertz CT molecular complexity index is 4180. The molecule has 2 aliphatic rings. The molecule has 1 atom stereocenters. The van der Waals surface area contributed by atoms with Crippen LogP contribution in [0.5, 0.6) is 5.75 Å². The topological polar surface area (TPSA) is 54.6 Å². The molecule has 1 unspecified atom stereocenters. The predicted molar refractivity (Wildman–Crippen MR) is 290 cm³/mol. The van der Waals surface area contributed by atoms with E-state index >= 15 is 0 Å². The maximum atomic E-state index is 6.92. The summed E-state index contributed by atoms with van der Waals surface area (Å²) in [4.78, 5) is 15.6. The van der Waals surface area contributed by atoms with Gasteiger partial charge in [-0.1, -0.05) is 143 Å². The fraction of sp³-hybridized carbons (Fsp3) is 0.125. The standard InChI is InChI=1S/C64H48N4O2/c1-37(2)49-35-55(67(59-33-27-39-15-5-9-21-51(39)65-59)53-23-13-19-45-41-17-7-11-25-57(41)69-63(45)53)47-32-30-44-50(38(3)4)36-56(48-31-29-43(49)61(47)62(44)48)68(60-34-28-40-16-6-10-22-52(40)66-60)54-24-14-20-46-42-18-8-12-26-58(42)70-64(46)54/h5-19,21-38,46H,20H2,1-4H3. The first-order valence-corrected chi connectivity index (χ1v) is 24.6. The number of furan rings is 1. The quantitative estimate of drug-likeness (QED) is 0.142. The van der Waals surface area contributed by atoms with E-state index in [2.05, 4.69) is 220 Å². The first-order valence-electron chi connectivity index (χ1n) is 24.6. The van der Waals surface area contributed by atoms with E-state index in [1.807, 2.05) is 6.07 Å². The minimum absolute atomic E-state index is 0.102. The zero-order valence-electron chi connectivity index (χ0n) is 39.4. The predicted octanol–water partition coefficient (Wildman–Crippen LogP) is 17.8. The largest absolute Gasteiger partial charge is 0.459 e. The van der Waals surface area contributed by atoms with Gasteiger partial charge in [0.15, 0.2) is 5.58 Å². The third kappa shape index (κ3) is 6.05. The Morgan fingerprint density at radius 2 is 1.07 bits per heavy atom. The van der Waals surface area contributed by atoms with Crippen LogP contribution in [0.4, 0.5) is 28.7 Å². The average molecular weight is 905 g/mol. The molecule has 0 saturated carbocycles. The zero-order chi connectivity index (χ0) is 46.8. The lowest BCUT2D eigenvalue weighted by Gasteiger charge is -2.32. The lowest BCUT2D eigenvalue weighted by atomic mass is 9.84. The second kappa shape index (κ2) is 15.5. The number of para-hydroxylation sites is 5. The Kier molecular flexibility index (Phi) is 9.00. The number of anilines is 5. The first-order chi connectivity index (χ1) is 34.4. The summed E-state index contributed by atoms with van der Waals surface area (Å²) in [6.45, 7) is 9.25. The van der Waals surface area contributed by atoms with Crippen molar-refractivity contribution in [3.8, 4) is 5.75 Å². The number of aromatic nitrogens is 2. The Labute approximate surface area is 405 Å². The Balaban J connectivity index is 1.09. The number of ether oxygens (including phenoxy) is 1. The third-order valence-electron chi connectivity index (χ3n) is 14.9. The summed E-state index contributed by atoms with van der Waals surface area (Å²) < 4.78 is 13.8. The number of nitrogens with zero attached hydrogens (tertiary/aromatic N) is 4. The van der Waals surface area contributed by atoms with E-state index in [9.17, 15) is 0 Å². The number of hydrogen-bond acceptors (Lipinski definition) is 6. The van der Waals surface area contributed by atoms with E-state index in [1.165, 1.54) is 38.2 Å². The van der Waals surface area contributed by atoms with Crippen molar-refractivity contribution in [1.82, 2.24) is 9.97 Å². The van der Waals surface area contributed by atoms with Crippen molar-refractivity contribution < 1.29 is 9.15 Å². The smallest absolute Gasteiger partial charge is 0.159 e. The van der Waals surface area contributed by atoms with Gasteiger partial charge in [-0.05, 0) is 124 Å². The van der Waals surface area contributed by atoms with Crippen molar-refractivity contribution in [2.75, 3.05) is 9.80 Å². The van der Waals surface area contributed by atoms with Gasteiger partial charge in [-0.15, -0.1) is 0 Å². The molecule has 14 rings (SSSR count). The molecule has 1 aliphatic carbocycles. The van der Waals surface area contributed by atoms with E-state index in [1.54, 1.807) is 0 Å². The van der Waals surface area contributed by atoms with Gasteiger partial charge < -0.3 is 9.15 Å². The number of benzene rings is 9. The Morgan fingerprint density at radius 1 is 0.500 bits per heavy atom. The normalized spacial score (nSPS) is 14.6. The molecule has 9 aromatic carbocycles. The van der Waals surface area contributed by atoms with E-state index in [-0.39, 0.29) is 17.8 Å². The van der Waals surface area contributed by atoms with Gasteiger partial charge in [0.25, 0.3) is 0 Å². The lowest BCUT2D eigenvalue weighted by Crippen LogP contribution is -2.23. The first kappa shape index (κ1) is 40.6. The van der Waals surface area contributed by atoms with Crippen LogP contribution in [0.15, 0.2) is 204 Å². The van der Waals surface area contributed by atoms with E-state index in [0.717, 1.165) is 107 Å². The molecule has 0 fully saturated rings. The van der Waals surface area contributed by atoms with Gasteiger partial charge in [0, 0.05) is 37.9 Å². The molecule has 0 saturated heterocycles. The SMILES string of the molecule is CC(C)c1cc(N(C2=C3Oc4ccccc4C3CC=C2)c2ccc3ccccc3n2)c2ccc3c(C(C)C)cc(N(c4ccc5ccccc5n4)c4cccc5c4oc4ccccc45)c4ccc1c2c34. The molecular formula is C64H48N4O2. The van der Waals surface area contributed by atoms with Gasteiger partial charge in [0.2, 0.25) is 0 Å². The summed E-state index contributed by atoms with van der Waals surface area (Å²) in [5.41, 5.74) is 11.4. The van der Waals surface area contributed by atoms with Crippen LogP contribution in [0.1, 0.15) is 68.6 Å². The molecule has 336 valence electrons. The third-order valence-corrected chi connectivity index (χ3v) is 14.9. The molecule has 3 aromatic heterocycles. The second-order valence-corrected chi connectivity index (χ2v) is 19.6. The number of fused-ring (bicyclic) bond motifs is 8. The molecule has 70 heavy (non-hydrogen) atoms. The Hall–Kier alpha value is -8.48. The molecule has 6 nitrogen and oxygen atoms in total. The molecule has 0 amide bonds. The van der Waals surface area contributed by atoms with Crippen LogP contribution in [-0.2, 0) is 0 Å². The summed E-state index contributed by atoms with van der Waals surface area (Å²) in [5, 5.41) is 11.6. The van der Waals surface area contributed by atoms with Gasteiger partial charge in [-0.25, -0.2) is 9.97 Å². The van der Waals surface area contributed by atoms with Crippen LogP contribution in [0.2, 0.25) is 0 Å². The van der Waals surface area contributed by atoms with Crippen molar-refractivity contribution in [3.05, 3.63) is 216 Å². The lowest BCUT2D eigenvalue weighted by molar-refractivity contribution is 0.418. The van der Waals surface area contributed by atoms with Crippen LogP contribution in [0.25, 0.3) is 76.1 Å². The molecule has 12 aromatic rings. The number of pyridine rings is 2. The summed E-state index contributed by atoms with van der Waals surface area (Å²) in [7, 11) is 0. The monoisotopic (exact) mass is 904 g/mol.